The van der Waals surface area contributed by atoms with E-state index in [9.17, 15) is 17.6 Å². The molecule has 5 rings (SSSR count). The molecule has 2 aromatic carbocycles. The molecule has 1 saturated heterocycles. The molecule has 1 aliphatic carbocycles. The Labute approximate surface area is 197 Å². The lowest BCUT2D eigenvalue weighted by Crippen LogP contribution is -2.40. The minimum Gasteiger partial charge on any atom is -0.379 e. The Kier molecular flexibility index (Phi) is 6.20. The zero-order valence-electron chi connectivity index (χ0n) is 18.5. The Morgan fingerprint density at radius 2 is 1.74 bits per heavy atom. The molecule has 2 heterocycles. The quantitative estimate of drug-likeness (QED) is 0.580. The highest BCUT2D eigenvalue weighted by Crippen LogP contribution is 2.28. The molecule has 178 valence electrons. The van der Waals surface area contributed by atoms with Crippen LogP contribution in [0.15, 0.2) is 53.4 Å². The first-order chi connectivity index (χ1) is 16.4. The van der Waals surface area contributed by atoms with Gasteiger partial charge in [-0.15, -0.1) is 0 Å². The van der Waals surface area contributed by atoms with Gasteiger partial charge in [-0.3, -0.25) is 4.79 Å². The van der Waals surface area contributed by atoms with Crippen LogP contribution in [-0.2, 0) is 34.1 Å². The first-order valence-corrected chi connectivity index (χ1v) is 12.7. The maximum Gasteiger partial charge on any atom is 0.272 e. The van der Waals surface area contributed by atoms with E-state index in [1.807, 2.05) is 0 Å². The molecular weight excluding hydrogens is 459 g/mol. The van der Waals surface area contributed by atoms with Gasteiger partial charge in [0.25, 0.3) is 5.91 Å². The number of rotatable bonds is 6. The summed E-state index contributed by atoms with van der Waals surface area (Å²) in [6.45, 7) is 1.72. The smallest absolute Gasteiger partial charge is 0.272 e. The van der Waals surface area contributed by atoms with Gasteiger partial charge in [-0.25, -0.2) is 17.5 Å². The van der Waals surface area contributed by atoms with Gasteiger partial charge < -0.3 is 10.1 Å². The lowest BCUT2D eigenvalue weighted by Gasteiger charge is -2.26. The first-order valence-electron chi connectivity index (χ1n) is 11.3. The number of benzene rings is 2. The number of nitrogens with zero attached hydrogens (tertiary/aromatic N) is 3. The summed E-state index contributed by atoms with van der Waals surface area (Å²) in [5, 5.41) is 7.42. The molecule has 0 saturated carbocycles. The van der Waals surface area contributed by atoms with Gasteiger partial charge in [0.2, 0.25) is 10.0 Å². The van der Waals surface area contributed by atoms with Gasteiger partial charge in [0.1, 0.15) is 5.82 Å². The zero-order chi connectivity index (χ0) is 23.7. The van der Waals surface area contributed by atoms with Crippen molar-refractivity contribution >= 4 is 15.9 Å². The van der Waals surface area contributed by atoms with Crippen molar-refractivity contribution in [2.45, 2.75) is 30.7 Å². The summed E-state index contributed by atoms with van der Waals surface area (Å²) >= 11 is 0. The van der Waals surface area contributed by atoms with Crippen molar-refractivity contribution in [1.82, 2.24) is 19.4 Å². The number of aromatic nitrogens is 2. The van der Waals surface area contributed by atoms with Gasteiger partial charge in [0, 0.05) is 30.9 Å². The first kappa shape index (κ1) is 22.7. The van der Waals surface area contributed by atoms with Crippen LogP contribution in [0.3, 0.4) is 0 Å². The molecule has 1 aliphatic heterocycles. The van der Waals surface area contributed by atoms with Gasteiger partial charge in [0.05, 0.1) is 23.8 Å². The molecule has 8 nitrogen and oxygen atoms in total. The third-order valence-corrected chi connectivity index (χ3v) is 8.11. The minimum atomic E-state index is -3.56. The maximum absolute atomic E-state index is 13.3. The molecule has 34 heavy (non-hydrogen) atoms. The Bertz CT molecular complexity index is 1300. The van der Waals surface area contributed by atoms with E-state index in [2.05, 4.69) is 10.4 Å². The number of carbonyl (C=O) groups is 1. The van der Waals surface area contributed by atoms with E-state index < -0.39 is 10.0 Å². The fourth-order valence-corrected chi connectivity index (χ4v) is 5.80. The van der Waals surface area contributed by atoms with Crippen LogP contribution in [-0.4, -0.2) is 54.7 Å². The Morgan fingerprint density at radius 1 is 1.03 bits per heavy atom. The summed E-state index contributed by atoms with van der Waals surface area (Å²) < 4.78 is 47.2. The second-order valence-corrected chi connectivity index (χ2v) is 10.3. The number of ether oxygens (including phenoxy) is 1. The summed E-state index contributed by atoms with van der Waals surface area (Å²) in [5.74, 6) is -0.613. The zero-order valence-corrected chi connectivity index (χ0v) is 19.4. The van der Waals surface area contributed by atoms with E-state index in [0.717, 1.165) is 41.8 Å². The average Bonchev–Trinajstić information content (AvgIpc) is 3.47. The molecule has 3 aromatic rings. The van der Waals surface area contributed by atoms with Crippen LogP contribution >= 0.6 is 0 Å². The number of halogens is 1. The van der Waals surface area contributed by atoms with Crippen molar-refractivity contribution in [2.75, 3.05) is 26.3 Å². The molecule has 0 unspecified atom stereocenters. The lowest BCUT2D eigenvalue weighted by molar-refractivity contribution is 0.0730. The topological polar surface area (TPSA) is 93.5 Å². The highest BCUT2D eigenvalue weighted by molar-refractivity contribution is 7.89. The Balaban J connectivity index is 1.29. The molecule has 0 spiro atoms. The molecule has 2 aliphatic rings. The highest BCUT2D eigenvalue weighted by atomic mass is 32.2. The summed E-state index contributed by atoms with van der Waals surface area (Å²) in [7, 11) is -3.56. The number of hydrogen-bond acceptors (Lipinski definition) is 5. The molecule has 1 aromatic heterocycles. The van der Waals surface area contributed by atoms with Gasteiger partial charge in [-0.1, -0.05) is 12.1 Å². The molecule has 1 amide bonds. The predicted octanol–water partition coefficient (Wildman–Crippen LogP) is 2.45. The third-order valence-electron chi connectivity index (χ3n) is 6.20. The average molecular weight is 485 g/mol. The normalized spacial score (nSPS) is 16.4. The van der Waals surface area contributed by atoms with Crippen LogP contribution in [0, 0.1) is 5.82 Å². The SMILES string of the molecule is O=C(NCc1ccc(S(=O)(=O)N2CCOCC2)cc1)c1nn(-c2ccc(F)cc2)c2c1CCC2. The van der Waals surface area contributed by atoms with Crippen LogP contribution in [0.4, 0.5) is 4.39 Å². The van der Waals surface area contributed by atoms with E-state index in [1.165, 1.54) is 16.4 Å². The van der Waals surface area contributed by atoms with Gasteiger partial charge in [-0.05, 0) is 61.2 Å². The van der Waals surface area contributed by atoms with E-state index in [1.54, 1.807) is 41.1 Å². The highest BCUT2D eigenvalue weighted by Gasteiger charge is 2.28. The van der Waals surface area contributed by atoms with Crippen molar-refractivity contribution < 1.29 is 22.3 Å². The van der Waals surface area contributed by atoms with E-state index in [4.69, 9.17) is 4.74 Å². The number of amides is 1. The predicted molar refractivity (Wildman–Crippen MR) is 123 cm³/mol. The summed E-state index contributed by atoms with van der Waals surface area (Å²) in [4.78, 5) is 13.2. The van der Waals surface area contributed by atoms with Crippen LogP contribution in [0.5, 0.6) is 0 Å². The van der Waals surface area contributed by atoms with Gasteiger partial charge in [0.15, 0.2) is 5.69 Å². The molecule has 1 N–H and O–H groups in total. The molecule has 0 bridgehead atoms. The second kappa shape index (κ2) is 9.28. The summed E-state index contributed by atoms with van der Waals surface area (Å²) in [6, 6.07) is 12.6. The number of carbonyl (C=O) groups excluding carboxylic acids is 1. The molecule has 1 fully saturated rings. The van der Waals surface area contributed by atoms with E-state index >= 15 is 0 Å². The largest absolute Gasteiger partial charge is 0.379 e. The fourth-order valence-electron chi connectivity index (χ4n) is 4.40. The number of nitrogens with one attached hydrogen (secondary N) is 1. The van der Waals surface area contributed by atoms with Crippen LogP contribution < -0.4 is 5.32 Å². The number of hydrogen-bond donors (Lipinski definition) is 1. The molecule has 0 radical (unpaired) electrons. The molecule has 0 atom stereocenters. The van der Waals surface area contributed by atoms with Crippen LogP contribution in [0.25, 0.3) is 5.69 Å². The lowest BCUT2D eigenvalue weighted by atomic mass is 10.2. The van der Waals surface area contributed by atoms with Crippen LogP contribution in [0.1, 0.15) is 33.7 Å². The van der Waals surface area contributed by atoms with E-state index in [-0.39, 0.29) is 23.2 Å². The molecular formula is C24H25FN4O4S. The molecule has 10 heteroatoms. The standard InChI is InChI=1S/C24H25FN4O4S/c25-18-6-8-19(9-7-18)29-22-3-1-2-21(22)23(27-29)24(30)26-16-17-4-10-20(11-5-17)34(31,32)28-12-14-33-15-13-28/h4-11H,1-3,12-16H2,(H,26,30). The van der Waals surface area contributed by atoms with Crippen molar-refractivity contribution in [1.29, 1.82) is 0 Å². The van der Waals surface area contributed by atoms with Crippen molar-refractivity contribution in [3.8, 4) is 5.69 Å². The summed E-state index contributed by atoms with van der Waals surface area (Å²) in [5.41, 5.74) is 3.78. The van der Waals surface area contributed by atoms with Crippen LogP contribution in [0.2, 0.25) is 0 Å². The number of sulfonamides is 1. The van der Waals surface area contributed by atoms with E-state index in [0.29, 0.717) is 32.0 Å². The Hall–Kier alpha value is -3.08. The van der Waals surface area contributed by atoms with Crippen molar-refractivity contribution in [3.63, 3.8) is 0 Å². The van der Waals surface area contributed by atoms with Crippen molar-refractivity contribution in [2.24, 2.45) is 0 Å². The maximum atomic E-state index is 13.3. The van der Waals surface area contributed by atoms with Gasteiger partial charge >= 0.3 is 0 Å². The monoisotopic (exact) mass is 484 g/mol. The fraction of sp³-hybridized carbons (Fsp3) is 0.333. The number of fused-ring (bicyclic) bond motifs is 1. The second-order valence-electron chi connectivity index (χ2n) is 8.36. The Morgan fingerprint density at radius 3 is 2.44 bits per heavy atom. The van der Waals surface area contributed by atoms with Gasteiger partial charge in [-0.2, -0.15) is 9.40 Å². The summed E-state index contributed by atoms with van der Waals surface area (Å²) in [6.07, 6.45) is 2.52. The van der Waals surface area contributed by atoms with Crippen molar-refractivity contribution in [3.05, 3.63) is 76.9 Å². The third kappa shape index (κ3) is 4.36. The number of morpholine rings is 1. The minimum absolute atomic E-state index is 0.223.